The van der Waals surface area contributed by atoms with Gasteiger partial charge in [0.1, 0.15) is 0 Å². The minimum Gasteiger partial charge on any atom is -0.263 e. The fourth-order valence-electron chi connectivity index (χ4n) is 22.5. The van der Waals surface area contributed by atoms with Crippen molar-refractivity contribution in [1.82, 2.24) is 0 Å². The Bertz CT molecular complexity index is 5520. The van der Waals surface area contributed by atoms with Crippen molar-refractivity contribution in [3.8, 4) is 44.5 Å². The molecule has 0 unspecified atom stereocenters. The molecule has 0 N–H and O–H groups in total. The normalized spacial score (nSPS) is 17.2. The van der Waals surface area contributed by atoms with Crippen molar-refractivity contribution in [2.24, 2.45) is 0 Å². The summed E-state index contributed by atoms with van der Waals surface area (Å²) >= 11 is 0. The van der Waals surface area contributed by atoms with E-state index in [4.69, 9.17) is 0 Å². The topological polar surface area (TPSA) is 23.6 Å². The average Bonchev–Trinajstić information content (AvgIpc) is 0.989. The summed E-state index contributed by atoms with van der Waals surface area (Å²) in [4.78, 5) is 22.7. The number of benzene rings is 14. The largest absolute Gasteiger partial charge is 0.338 e. The zero-order valence-corrected chi connectivity index (χ0v) is 49.5. The fourth-order valence-corrected chi connectivity index (χ4v) is 22.5. The molecule has 11 aliphatic rings. The van der Waals surface area contributed by atoms with Crippen molar-refractivity contribution in [2.75, 3.05) is 9.80 Å². The molecule has 5 heteroatoms. The zero-order valence-electron chi connectivity index (χ0n) is 49.5. The Labute approximate surface area is 531 Å². The zero-order chi connectivity index (χ0) is 59.2. The molecule has 92 heavy (non-hydrogen) atoms. The number of carbonyl (C=O) groups excluding carboxylic acids is 1. The number of fused-ring (bicyclic) bond motifs is 30. The SMILES string of the molecule is O=C1N2c3cccc4c3B3c5c(cccc5C5(c6ccccc6-c6ccccc65)c5cc6cc7c8c(c6c2c53)N1c1cccc2c1B8c1c(cccc1C71c3ccccc3-c3ccccc31)C21c2ccccc2-c2ccccc21)C41c2ccccc2-c2ccccc21. The Hall–Kier alpha value is -11.3. The van der Waals surface area contributed by atoms with E-state index >= 15 is 4.79 Å². The van der Waals surface area contributed by atoms with Gasteiger partial charge in [-0.2, -0.15) is 0 Å². The van der Waals surface area contributed by atoms with E-state index in [1.165, 1.54) is 166 Å². The first kappa shape index (κ1) is 46.8. The van der Waals surface area contributed by atoms with Crippen LogP contribution in [0.25, 0.3) is 55.3 Å². The van der Waals surface area contributed by atoms with Crippen LogP contribution < -0.4 is 42.6 Å². The number of nitrogens with zero attached hydrogens (tertiary/aromatic N) is 2. The molecule has 14 aromatic carbocycles. The molecule has 0 radical (unpaired) electrons. The molecule has 4 spiro atoms. The molecule has 0 saturated heterocycles. The second-order valence-corrected chi connectivity index (χ2v) is 27.7. The molecule has 0 bridgehead atoms. The number of carbonyl (C=O) groups is 1. The molecule has 0 saturated carbocycles. The molecular formula is C87H46B2N2O. The van der Waals surface area contributed by atoms with Crippen LogP contribution in [-0.4, -0.2) is 19.5 Å². The Kier molecular flexibility index (Phi) is 7.61. The molecule has 7 aliphatic heterocycles. The molecular weight excluding hydrogens is 1110 g/mol. The van der Waals surface area contributed by atoms with Gasteiger partial charge in [-0.25, -0.2) is 4.79 Å². The lowest BCUT2D eigenvalue weighted by Crippen LogP contribution is -2.73. The van der Waals surface area contributed by atoms with Gasteiger partial charge in [0, 0.05) is 16.8 Å². The summed E-state index contributed by atoms with van der Waals surface area (Å²) in [6.07, 6.45) is 0. The summed E-state index contributed by atoms with van der Waals surface area (Å²) in [7, 11) is 0. The molecule has 25 rings (SSSR count). The highest BCUT2D eigenvalue weighted by Crippen LogP contribution is 2.67. The van der Waals surface area contributed by atoms with E-state index < -0.39 is 21.7 Å². The summed E-state index contributed by atoms with van der Waals surface area (Å²) in [6.45, 7) is -0.382. The van der Waals surface area contributed by atoms with Crippen LogP contribution in [-0.2, 0) is 21.7 Å². The molecule has 0 aromatic heterocycles. The maximum absolute atomic E-state index is 18.2. The Morgan fingerprint density at radius 2 is 0.457 bits per heavy atom. The lowest BCUT2D eigenvalue weighted by Gasteiger charge is -2.57. The van der Waals surface area contributed by atoms with Gasteiger partial charge >= 0.3 is 6.03 Å². The second-order valence-electron chi connectivity index (χ2n) is 27.7. The first-order valence-electron chi connectivity index (χ1n) is 32.8. The van der Waals surface area contributed by atoms with Crippen LogP contribution in [0.5, 0.6) is 0 Å². The standard InChI is InChI=1S/C87H46B2N2O/c92-83-90-72-43-19-41-68-77(72)88-75-64(84(68)56-29-9-1-21-48(56)49-22-2-10-30-57(49)84)37-17-39-66(75)86(60-33-13-5-25-52(60)53-26-6-14-34-61(53)86)70-45-47-46-71-80-82(74(47)81(90)79(70)88)91(83)73-44-20-42-69-78(73)89(80)76-65(85(69)58-31-11-3-23-50(58)51-24-4-12-32-59(51)85)38-18-40-67(76)87(71)62-35-15-7-27-54(62)55-28-8-16-36-63(55)87/h1-46H. The maximum atomic E-state index is 18.2. The molecule has 2 amide bonds. The van der Waals surface area contributed by atoms with E-state index in [0.29, 0.717) is 0 Å². The highest BCUT2D eigenvalue weighted by Gasteiger charge is 2.67. The van der Waals surface area contributed by atoms with Gasteiger partial charge in [0.15, 0.2) is 0 Å². The maximum Gasteiger partial charge on any atom is 0.338 e. The molecule has 7 heterocycles. The van der Waals surface area contributed by atoms with Gasteiger partial charge in [-0.15, -0.1) is 0 Å². The van der Waals surface area contributed by atoms with Crippen molar-refractivity contribution in [1.29, 1.82) is 0 Å². The minimum atomic E-state index is -0.768. The predicted octanol–water partition coefficient (Wildman–Crippen LogP) is 14.6. The summed E-state index contributed by atoms with van der Waals surface area (Å²) in [6, 6.07) is 108. The van der Waals surface area contributed by atoms with E-state index in [9.17, 15) is 0 Å². The molecule has 4 aliphatic carbocycles. The minimum absolute atomic E-state index is 0.0290. The highest BCUT2D eigenvalue weighted by molar-refractivity contribution is 7.02. The van der Waals surface area contributed by atoms with E-state index in [2.05, 4.69) is 289 Å². The van der Waals surface area contributed by atoms with Crippen LogP contribution in [0.2, 0.25) is 0 Å². The number of hydrogen-bond donors (Lipinski definition) is 0. The average molecular weight is 1160 g/mol. The van der Waals surface area contributed by atoms with Crippen LogP contribution in [0, 0.1) is 0 Å². The smallest absolute Gasteiger partial charge is 0.263 e. The number of anilines is 4. The number of rotatable bonds is 0. The van der Waals surface area contributed by atoms with Crippen LogP contribution in [0.1, 0.15) is 89.0 Å². The Morgan fingerprint density at radius 1 is 0.228 bits per heavy atom. The van der Waals surface area contributed by atoms with Gasteiger partial charge < -0.3 is 0 Å². The monoisotopic (exact) mass is 1160 g/mol. The summed E-state index contributed by atoms with van der Waals surface area (Å²) in [5.74, 6) is 0. The van der Waals surface area contributed by atoms with E-state index in [-0.39, 0.29) is 19.5 Å². The third-order valence-corrected chi connectivity index (χ3v) is 24.9. The molecule has 14 aromatic rings. The molecule has 416 valence electrons. The van der Waals surface area contributed by atoms with Crippen molar-refractivity contribution in [2.45, 2.75) is 21.7 Å². The number of hydrogen-bond acceptors (Lipinski definition) is 1. The first-order valence-corrected chi connectivity index (χ1v) is 32.8. The molecule has 3 nitrogen and oxygen atoms in total. The lowest BCUT2D eigenvalue weighted by atomic mass is 9.24. The van der Waals surface area contributed by atoms with Gasteiger partial charge in [0.05, 0.1) is 33.0 Å². The first-order chi connectivity index (χ1) is 45.6. The fraction of sp³-hybridized carbons (Fsp3) is 0.0460. The van der Waals surface area contributed by atoms with E-state index in [0.717, 1.165) is 33.5 Å². The lowest BCUT2D eigenvalue weighted by molar-refractivity contribution is 0.255. The van der Waals surface area contributed by atoms with Gasteiger partial charge in [-0.3, -0.25) is 9.80 Å². The van der Waals surface area contributed by atoms with Gasteiger partial charge in [-0.05, 0) is 185 Å². The van der Waals surface area contributed by atoms with Gasteiger partial charge in [-0.1, -0.05) is 266 Å². The summed E-state index contributed by atoms with van der Waals surface area (Å²) in [5.41, 5.74) is 39.7. The van der Waals surface area contributed by atoms with E-state index in [1.807, 2.05) is 0 Å². The quantitative estimate of drug-likeness (QED) is 0.139. The van der Waals surface area contributed by atoms with Crippen LogP contribution in [0.4, 0.5) is 27.5 Å². The van der Waals surface area contributed by atoms with Crippen LogP contribution in [0.3, 0.4) is 0 Å². The van der Waals surface area contributed by atoms with Crippen LogP contribution in [0.15, 0.2) is 279 Å². The van der Waals surface area contributed by atoms with Gasteiger partial charge in [0.2, 0.25) is 13.4 Å². The predicted molar refractivity (Wildman–Crippen MR) is 372 cm³/mol. The van der Waals surface area contributed by atoms with Crippen molar-refractivity contribution in [3.05, 3.63) is 368 Å². The third kappa shape index (κ3) is 4.40. The Balaban J connectivity index is 0.914. The second kappa shape index (κ2) is 15.0. The number of urea groups is 1. The summed E-state index contributed by atoms with van der Waals surface area (Å²) in [5, 5.41) is 2.32. The highest BCUT2D eigenvalue weighted by atomic mass is 16.2. The van der Waals surface area contributed by atoms with E-state index in [1.54, 1.807) is 0 Å². The summed E-state index contributed by atoms with van der Waals surface area (Å²) < 4.78 is 0. The molecule has 0 atom stereocenters. The van der Waals surface area contributed by atoms with Gasteiger partial charge in [0.25, 0.3) is 0 Å². The van der Waals surface area contributed by atoms with Crippen molar-refractivity contribution >= 4 is 85.8 Å². The van der Waals surface area contributed by atoms with Crippen molar-refractivity contribution < 1.29 is 4.79 Å². The Morgan fingerprint density at radius 3 is 0.739 bits per heavy atom. The molecule has 0 fully saturated rings. The third-order valence-electron chi connectivity index (χ3n) is 24.9. The number of amides is 2. The van der Waals surface area contributed by atoms with Crippen LogP contribution >= 0.6 is 0 Å². The van der Waals surface area contributed by atoms with Crippen molar-refractivity contribution in [3.63, 3.8) is 0 Å².